The predicted molar refractivity (Wildman–Crippen MR) is 99.3 cm³/mol. The molecule has 0 spiro atoms. The summed E-state index contributed by atoms with van der Waals surface area (Å²) in [5.74, 6) is -0.357. The van der Waals surface area contributed by atoms with E-state index in [0.29, 0.717) is 18.7 Å². The quantitative estimate of drug-likeness (QED) is 0.796. The van der Waals surface area contributed by atoms with Gasteiger partial charge in [0, 0.05) is 18.7 Å². The molecule has 3 atom stereocenters. The molecular weight excluding hydrogens is 352 g/mol. The second-order valence-electron chi connectivity index (χ2n) is 7.05. The number of hydrogen-bond donors (Lipinski definition) is 1. The molecule has 6 nitrogen and oxygen atoms in total. The van der Waals surface area contributed by atoms with Gasteiger partial charge in [-0.25, -0.2) is 4.79 Å². The van der Waals surface area contributed by atoms with E-state index >= 15 is 0 Å². The highest BCUT2D eigenvalue weighted by Crippen LogP contribution is 2.47. The van der Waals surface area contributed by atoms with Gasteiger partial charge >= 0.3 is 5.97 Å². The van der Waals surface area contributed by atoms with E-state index in [-0.39, 0.29) is 16.7 Å². The molecule has 0 saturated carbocycles. The molecule has 1 aromatic rings. The number of esters is 1. The van der Waals surface area contributed by atoms with Crippen molar-refractivity contribution < 1.29 is 19.1 Å². The number of nitrogens with zero attached hydrogens (tertiary/aromatic N) is 1. The number of nitrogens with one attached hydrogen (secondary N) is 1. The first kappa shape index (κ1) is 18.8. The maximum Gasteiger partial charge on any atom is 0.330 e. The second-order valence-corrected chi connectivity index (χ2v) is 8.55. The maximum absolute atomic E-state index is 12.5. The van der Waals surface area contributed by atoms with E-state index in [9.17, 15) is 14.4 Å². The number of fused-ring (bicyclic) bond motifs is 1. The number of rotatable bonds is 5. The zero-order valence-corrected chi connectivity index (χ0v) is 16.1. The van der Waals surface area contributed by atoms with Gasteiger partial charge in [-0.3, -0.25) is 9.59 Å². The monoisotopic (exact) mass is 376 g/mol. The van der Waals surface area contributed by atoms with Gasteiger partial charge in [-0.1, -0.05) is 29.8 Å². The van der Waals surface area contributed by atoms with E-state index in [1.807, 2.05) is 38.1 Å². The van der Waals surface area contributed by atoms with Crippen LogP contribution in [0.4, 0.5) is 0 Å². The fourth-order valence-corrected chi connectivity index (χ4v) is 4.76. The van der Waals surface area contributed by atoms with Crippen molar-refractivity contribution in [3.63, 3.8) is 0 Å². The maximum atomic E-state index is 12.5. The van der Waals surface area contributed by atoms with Gasteiger partial charge in [0.15, 0.2) is 6.10 Å². The molecule has 2 amide bonds. The Labute approximate surface area is 157 Å². The Morgan fingerprint density at radius 1 is 1.38 bits per heavy atom. The van der Waals surface area contributed by atoms with Crippen LogP contribution < -0.4 is 5.32 Å². The normalized spacial score (nSPS) is 25.7. The van der Waals surface area contributed by atoms with Crippen molar-refractivity contribution in [2.75, 3.05) is 5.75 Å². The largest absolute Gasteiger partial charge is 0.451 e. The van der Waals surface area contributed by atoms with Gasteiger partial charge in [0.1, 0.15) is 6.04 Å². The first-order valence-electron chi connectivity index (χ1n) is 8.80. The molecule has 2 saturated heterocycles. The molecule has 2 aliphatic heterocycles. The Bertz CT molecular complexity index is 721. The summed E-state index contributed by atoms with van der Waals surface area (Å²) >= 11 is 1.60. The third-order valence-electron chi connectivity index (χ3n) is 4.97. The molecule has 2 aliphatic rings. The number of benzene rings is 1. The molecule has 0 aromatic heterocycles. The molecule has 0 unspecified atom stereocenters. The molecule has 1 aromatic carbocycles. The van der Waals surface area contributed by atoms with Crippen LogP contribution in [0.5, 0.6) is 0 Å². The van der Waals surface area contributed by atoms with Crippen LogP contribution in [0, 0.1) is 6.92 Å². The minimum Gasteiger partial charge on any atom is -0.451 e. The second kappa shape index (κ2) is 7.31. The Morgan fingerprint density at radius 2 is 2.08 bits per heavy atom. The smallest absolute Gasteiger partial charge is 0.330 e. The summed E-state index contributed by atoms with van der Waals surface area (Å²) in [5, 5.41) is 2.77. The van der Waals surface area contributed by atoms with Crippen LogP contribution in [-0.4, -0.2) is 45.5 Å². The van der Waals surface area contributed by atoms with E-state index in [4.69, 9.17) is 4.74 Å². The summed E-state index contributed by atoms with van der Waals surface area (Å²) in [7, 11) is 0. The molecule has 2 fully saturated rings. The standard InChI is InChI=1S/C19H24N2O4S/c1-12-4-6-14(7-5-12)10-20-17(23)13(2)25-18(24)15-11-26-19(3)9-8-16(22)21(15)19/h4-7,13,15H,8-11H2,1-3H3,(H,20,23)/t13-,15-,19-/m0/s1. The summed E-state index contributed by atoms with van der Waals surface area (Å²) in [6.45, 7) is 5.91. The van der Waals surface area contributed by atoms with Gasteiger partial charge in [-0.15, -0.1) is 11.8 Å². The number of carbonyl (C=O) groups is 3. The molecule has 26 heavy (non-hydrogen) atoms. The molecule has 3 rings (SSSR count). The fraction of sp³-hybridized carbons (Fsp3) is 0.526. The SMILES string of the molecule is Cc1ccc(CNC(=O)[C@H](C)OC(=O)[C@@H]2CS[C@@]3(C)CCC(=O)N23)cc1. The lowest BCUT2D eigenvalue weighted by Gasteiger charge is -2.29. The van der Waals surface area contributed by atoms with Crippen molar-refractivity contribution in [1.82, 2.24) is 10.2 Å². The predicted octanol–water partition coefficient (Wildman–Crippen LogP) is 2.00. The number of carbonyl (C=O) groups excluding carboxylic acids is 3. The third kappa shape index (κ3) is 3.72. The summed E-state index contributed by atoms with van der Waals surface area (Å²) in [5.41, 5.74) is 2.13. The minimum atomic E-state index is -0.900. The molecule has 1 N–H and O–H groups in total. The van der Waals surface area contributed by atoms with E-state index in [2.05, 4.69) is 5.32 Å². The van der Waals surface area contributed by atoms with Crippen LogP contribution in [0.15, 0.2) is 24.3 Å². The third-order valence-corrected chi connectivity index (χ3v) is 6.47. The summed E-state index contributed by atoms with van der Waals surface area (Å²) in [6.07, 6.45) is 0.301. The van der Waals surface area contributed by atoms with E-state index in [0.717, 1.165) is 17.5 Å². The van der Waals surface area contributed by atoms with Crippen LogP contribution >= 0.6 is 11.8 Å². The molecule has 2 heterocycles. The first-order chi connectivity index (χ1) is 12.3. The summed E-state index contributed by atoms with van der Waals surface area (Å²) in [6, 6.07) is 7.25. The number of aryl methyl sites for hydroxylation is 1. The summed E-state index contributed by atoms with van der Waals surface area (Å²) < 4.78 is 5.35. The number of amides is 2. The fourth-order valence-electron chi connectivity index (χ4n) is 3.34. The van der Waals surface area contributed by atoms with Crippen LogP contribution in [0.3, 0.4) is 0 Å². The topological polar surface area (TPSA) is 75.7 Å². The van der Waals surface area contributed by atoms with E-state index in [1.54, 1.807) is 23.6 Å². The van der Waals surface area contributed by atoms with Gasteiger partial charge in [-0.05, 0) is 32.8 Å². The van der Waals surface area contributed by atoms with Gasteiger partial charge < -0.3 is 15.0 Å². The lowest BCUT2D eigenvalue weighted by atomic mass is 10.1. The van der Waals surface area contributed by atoms with Crippen LogP contribution in [-0.2, 0) is 25.7 Å². The molecule has 0 radical (unpaired) electrons. The lowest BCUT2D eigenvalue weighted by molar-refractivity contribution is -0.161. The van der Waals surface area contributed by atoms with Crippen molar-refractivity contribution in [2.24, 2.45) is 0 Å². The zero-order chi connectivity index (χ0) is 18.9. The van der Waals surface area contributed by atoms with E-state index < -0.39 is 18.1 Å². The van der Waals surface area contributed by atoms with Crippen molar-refractivity contribution in [2.45, 2.75) is 57.2 Å². The molecule has 140 valence electrons. The van der Waals surface area contributed by atoms with Crippen molar-refractivity contribution in [1.29, 1.82) is 0 Å². The highest BCUT2D eigenvalue weighted by atomic mass is 32.2. The van der Waals surface area contributed by atoms with E-state index in [1.165, 1.54) is 0 Å². The molecule has 0 aliphatic carbocycles. The van der Waals surface area contributed by atoms with Crippen molar-refractivity contribution in [3.8, 4) is 0 Å². The van der Waals surface area contributed by atoms with Gasteiger partial charge in [0.25, 0.3) is 5.91 Å². The average molecular weight is 376 g/mol. The Balaban J connectivity index is 1.53. The zero-order valence-electron chi connectivity index (χ0n) is 15.3. The molecule has 7 heteroatoms. The highest BCUT2D eigenvalue weighted by Gasteiger charge is 2.53. The first-order valence-corrected chi connectivity index (χ1v) is 9.78. The van der Waals surface area contributed by atoms with Gasteiger partial charge in [0.2, 0.25) is 5.91 Å². The van der Waals surface area contributed by atoms with Gasteiger partial charge in [-0.2, -0.15) is 0 Å². The summed E-state index contributed by atoms with van der Waals surface area (Å²) in [4.78, 5) is 38.1. The lowest BCUT2D eigenvalue weighted by Crippen LogP contribution is -2.48. The minimum absolute atomic E-state index is 0.0177. The Kier molecular flexibility index (Phi) is 5.27. The van der Waals surface area contributed by atoms with Crippen molar-refractivity contribution in [3.05, 3.63) is 35.4 Å². The number of ether oxygens (including phenoxy) is 1. The molecular formula is C19H24N2O4S. The van der Waals surface area contributed by atoms with Gasteiger partial charge in [0.05, 0.1) is 4.87 Å². The Morgan fingerprint density at radius 3 is 2.77 bits per heavy atom. The van der Waals surface area contributed by atoms with Crippen LogP contribution in [0.1, 0.15) is 37.8 Å². The van der Waals surface area contributed by atoms with Crippen LogP contribution in [0.2, 0.25) is 0 Å². The number of hydrogen-bond acceptors (Lipinski definition) is 5. The highest BCUT2D eigenvalue weighted by molar-refractivity contribution is 8.01. The average Bonchev–Trinajstić information content (AvgIpc) is 3.10. The Hall–Kier alpha value is -2.02. The number of thioether (sulfide) groups is 1. The van der Waals surface area contributed by atoms with Crippen LogP contribution in [0.25, 0.3) is 0 Å². The molecule has 0 bridgehead atoms. The van der Waals surface area contributed by atoms with Crippen molar-refractivity contribution >= 4 is 29.5 Å².